The van der Waals surface area contributed by atoms with Crippen molar-refractivity contribution in [1.82, 2.24) is 10.3 Å². The van der Waals surface area contributed by atoms with Crippen LogP contribution in [0.1, 0.15) is 46.4 Å². The molecule has 7 heteroatoms. The molecule has 3 rings (SSSR count). The third-order valence-corrected chi connectivity index (χ3v) is 6.22. The SMILES string of the molecule is CCC(CNC(=O)CSc1nc(C)c(C(=O)Nc2ccccc2)cc1C#N)c1ccccc1. The van der Waals surface area contributed by atoms with Crippen LogP contribution < -0.4 is 10.6 Å². The number of hydrogen-bond acceptors (Lipinski definition) is 5. The molecular weight excluding hydrogens is 432 g/mol. The van der Waals surface area contributed by atoms with E-state index in [0.717, 1.165) is 6.42 Å². The van der Waals surface area contributed by atoms with Gasteiger partial charge in [-0.3, -0.25) is 9.59 Å². The van der Waals surface area contributed by atoms with E-state index < -0.39 is 0 Å². The number of nitriles is 1. The average Bonchev–Trinajstić information content (AvgIpc) is 2.84. The number of para-hydroxylation sites is 1. The molecule has 0 aliphatic rings. The Morgan fingerprint density at radius 3 is 2.39 bits per heavy atom. The quantitative estimate of drug-likeness (QED) is 0.444. The molecule has 168 valence electrons. The van der Waals surface area contributed by atoms with Gasteiger partial charge in [-0.2, -0.15) is 5.26 Å². The van der Waals surface area contributed by atoms with Crippen molar-refractivity contribution < 1.29 is 9.59 Å². The fourth-order valence-corrected chi connectivity index (χ4v) is 4.20. The number of thioether (sulfide) groups is 1. The van der Waals surface area contributed by atoms with Crippen molar-refractivity contribution in [3.63, 3.8) is 0 Å². The van der Waals surface area contributed by atoms with Crippen molar-refractivity contribution >= 4 is 29.3 Å². The molecule has 33 heavy (non-hydrogen) atoms. The van der Waals surface area contributed by atoms with E-state index in [9.17, 15) is 14.9 Å². The van der Waals surface area contributed by atoms with Crippen molar-refractivity contribution in [2.45, 2.75) is 31.2 Å². The minimum Gasteiger partial charge on any atom is -0.355 e. The number of hydrogen-bond donors (Lipinski definition) is 2. The molecule has 1 unspecified atom stereocenters. The standard InChI is InChI=1S/C26H26N4O2S/c1-3-19(20-10-6-4-7-11-20)16-28-24(31)17-33-26-21(15-27)14-23(18(2)29-26)25(32)30-22-12-8-5-9-13-22/h4-14,19H,3,16-17H2,1-2H3,(H,28,31)(H,30,32). The van der Waals surface area contributed by atoms with Crippen LogP contribution in [0.5, 0.6) is 0 Å². The van der Waals surface area contributed by atoms with Crippen LogP contribution in [0.2, 0.25) is 0 Å². The predicted octanol–water partition coefficient (Wildman–Crippen LogP) is 4.92. The number of rotatable bonds is 9. The number of pyridine rings is 1. The second-order valence-electron chi connectivity index (χ2n) is 7.51. The molecule has 0 saturated heterocycles. The summed E-state index contributed by atoms with van der Waals surface area (Å²) in [5.74, 6) is -0.0632. The zero-order valence-corrected chi connectivity index (χ0v) is 19.5. The van der Waals surface area contributed by atoms with Gasteiger partial charge in [-0.05, 0) is 37.1 Å². The number of nitrogens with one attached hydrogen (secondary N) is 2. The Labute approximate surface area is 198 Å². The van der Waals surface area contributed by atoms with Crippen molar-refractivity contribution in [3.8, 4) is 6.07 Å². The summed E-state index contributed by atoms with van der Waals surface area (Å²) in [6, 6.07) is 22.8. The van der Waals surface area contributed by atoms with E-state index in [1.807, 2.05) is 36.4 Å². The molecule has 0 saturated carbocycles. The number of amides is 2. The average molecular weight is 459 g/mol. The summed E-state index contributed by atoms with van der Waals surface area (Å²) < 4.78 is 0. The third-order valence-electron chi connectivity index (χ3n) is 5.22. The zero-order chi connectivity index (χ0) is 23.6. The largest absolute Gasteiger partial charge is 0.355 e. The molecule has 1 heterocycles. The summed E-state index contributed by atoms with van der Waals surface area (Å²) in [4.78, 5) is 29.5. The summed E-state index contributed by atoms with van der Waals surface area (Å²) in [5, 5.41) is 15.8. The number of carbonyl (C=O) groups is 2. The molecular formula is C26H26N4O2S. The van der Waals surface area contributed by atoms with Crippen LogP contribution >= 0.6 is 11.8 Å². The van der Waals surface area contributed by atoms with Crippen LogP contribution in [0.4, 0.5) is 5.69 Å². The van der Waals surface area contributed by atoms with Gasteiger partial charge in [0.2, 0.25) is 5.91 Å². The molecule has 3 aromatic rings. The Bertz CT molecular complexity index is 1140. The highest BCUT2D eigenvalue weighted by Gasteiger charge is 2.17. The first kappa shape index (κ1) is 24.0. The Morgan fingerprint density at radius 2 is 1.76 bits per heavy atom. The molecule has 6 nitrogen and oxygen atoms in total. The summed E-state index contributed by atoms with van der Waals surface area (Å²) in [7, 11) is 0. The maximum atomic E-state index is 12.6. The van der Waals surface area contributed by atoms with Gasteiger partial charge in [-0.25, -0.2) is 4.98 Å². The van der Waals surface area contributed by atoms with Crippen molar-refractivity contribution in [2.75, 3.05) is 17.6 Å². The van der Waals surface area contributed by atoms with Gasteiger partial charge in [0, 0.05) is 18.2 Å². The van der Waals surface area contributed by atoms with Crippen LogP contribution in [0.25, 0.3) is 0 Å². The molecule has 2 N–H and O–H groups in total. The summed E-state index contributed by atoms with van der Waals surface area (Å²) >= 11 is 1.20. The van der Waals surface area contributed by atoms with Crippen LogP contribution in [0.3, 0.4) is 0 Å². The monoisotopic (exact) mass is 458 g/mol. The fourth-order valence-electron chi connectivity index (χ4n) is 3.37. The van der Waals surface area contributed by atoms with Gasteiger partial charge in [0.15, 0.2) is 0 Å². The number of aromatic nitrogens is 1. The minimum absolute atomic E-state index is 0.122. The van der Waals surface area contributed by atoms with Crippen LogP contribution in [-0.4, -0.2) is 29.1 Å². The highest BCUT2D eigenvalue weighted by Crippen LogP contribution is 2.24. The van der Waals surface area contributed by atoms with Crippen LogP contribution in [0, 0.1) is 18.3 Å². The topological polar surface area (TPSA) is 94.9 Å². The highest BCUT2D eigenvalue weighted by molar-refractivity contribution is 8.00. The van der Waals surface area contributed by atoms with E-state index in [0.29, 0.717) is 28.5 Å². The molecule has 1 atom stereocenters. The van der Waals surface area contributed by atoms with Crippen LogP contribution in [-0.2, 0) is 4.79 Å². The van der Waals surface area contributed by atoms with Crippen molar-refractivity contribution in [3.05, 3.63) is 89.1 Å². The van der Waals surface area contributed by atoms with E-state index >= 15 is 0 Å². The van der Waals surface area contributed by atoms with Gasteiger partial charge >= 0.3 is 0 Å². The Hall–Kier alpha value is -3.63. The smallest absolute Gasteiger partial charge is 0.257 e. The Balaban J connectivity index is 1.61. The lowest BCUT2D eigenvalue weighted by atomic mass is 9.96. The van der Waals surface area contributed by atoms with Gasteiger partial charge in [0.1, 0.15) is 11.1 Å². The van der Waals surface area contributed by atoms with Gasteiger partial charge < -0.3 is 10.6 Å². The summed E-state index contributed by atoms with van der Waals surface area (Å²) in [6.45, 7) is 4.37. The fraction of sp³-hybridized carbons (Fsp3) is 0.231. The summed E-state index contributed by atoms with van der Waals surface area (Å²) in [6.07, 6.45) is 0.920. The third kappa shape index (κ3) is 6.67. The lowest BCUT2D eigenvalue weighted by Gasteiger charge is -2.16. The normalized spacial score (nSPS) is 11.3. The lowest BCUT2D eigenvalue weighted by Crippen LogP contribution is -2.29. The van der Waals surface area contributed by atoms with Crippen LogP contribution in [0.15, 0.2) is 71.8 Å². The van der Waals surface area contributed by atoms with Gasteiger partial charge in [-0.15, -0.1) is 0 Å². The Morgan fingerprint density at radius 1 is 1.09 bits per heavy atom. The molecule has 2 amide bonds. The molecule has 1 aromatic heterocycles. The molecule has 0 bridgehead atoms. The molecule has 2 aromatic carbocycles. The van der Waals surface area contributed by atoms with E-state index in [2.05, 4.69) is 40.7 Å². The van der Waals surface area contributed by atoms with Crippen molar-refractivity contribution in [1.29, 1.82) is 5.26 Å². The number of aryl methyl sites for hydroxylation is 1. The molecule has 0 aliphatic heterocycles. The van der Waals surface area contributed by atoms with Gasteiger partial charge in [0.25, 0.3) is 5.91 Å². The molecule has 0 fully saturated rings. The highest BCUT2D eigenvalue weighted by atomic mass is 32.2. The maximum Gasteiger partial charge on any atom is 0.257 e. The maximum absolute atomic E-state index is 12.6. The van der Waals surface area contributed by atoms with E-state index in [4.69, 9.17) is 0 Å². The lowest BCUT2D eigenvalue weighted by molar-refractivity contribution is -0.118. The first-order valence-corrected chi connectivity index (χ1v) is 11.7. The second-order valence-corrected chi connectivity index (χ2v) is 8.48. The molecule has 0 aliphatic carbocycles. The van der Waals surface area contributed by atoms with E-state index in [1.165, 1.54) is 23.4 Å². The van der Waals surface area contributed by atoms with Gasteiger partial charge in [-0.1, -0.05) is 67.2 Å². The minimum atomic E-state index is -0.330. The Kier molecular flexibility index (Phi) is 8.62. The number of benzene rings is 2. The molecule has 0 spiro atoms. The van der Waals surface area contributed by atoms with Crippen molar-refractivity contribution in [2.24, 2.45) is 0 Å². The second kappa shape index (κ2) is 11.8. The number of carbonyl (C=O) groups excluding carboxylic acids is 2. The van der Waals surface area contributed by atoms with Gasteiger partial charge in [0.05, 0.1) is 22.6 Å². The van der Waals surface area contributed by atoms with E-state index in [1.54, 1.807) is 19.1 Å². The number of anilines is 1. The molecule has 0 radical (unpaired) electrons. The summed E-state index contributed by atoms with van der Waals surface area (Å²) in [5.41, 5.74) is 2.96. The first-order valence-electron chi connectivity index (χ1n) is 10.7. The first-order chi connectivity index (χ1) is 16.0. The number of nitrogens with zero attached hydrogens (tertiary/aromatic N) is 2. The zero-order valence-electron chi connectivity index (χ0n) is 18.7. The predicted molar refractivity (Wildman–Crippen MR) is 131 cm³/mol. The van der Waals surface area contributed by atoms with E-state index in [-0.39, 0.29) is 29.0 Å².